The van der Waals surface area contributed by atoms with E-state index in [-0.39, 0.29) is 11.2 Å². The van der Waals surface area contributed by atoms with Crippen molar-refractivity contribution >= 4 is 33.9 Å². The molecule has 0 bridgehead atoms. The van der Waals surface area contributed by atoms with Crippen LogP contribution in [0.25, 0.3) is 22.3 Å². The van der Waals surface area contributed by atoms with Gasteiger partial charge >= 0.3 is 5.69 Å². The predicted molar refractivity (Wildman–Crippen MR) is 102 cm³/mol. The molecule has 3 heterocycles. The number of hydrogen-bond donors (Lipinski definition) is 1. The molecule has 10 heteroatoms. The van der Waals surface area contributed by atoms with Crippen molar-refractivity contribution < 1.29 is 9.21 Å². The zero-order chi connectivity index (χ0) is 20.0. The predicted octanol–water partition coefficient (Wildman–Crippen LogP) is 0.776. The summed E-state index contributed by atoms with van der Waals surface area (Å²) in [5.41, 5.74) is 1.11. The highest BCUT2D eigenvalue weighted by Gasteiger charge is 2.17. The smallest absolute Gasteiger partial charge is 0.332 e. The van der Waals surface area contributed by atoms with Crippen molar-refractivity contribution in [1.29, 1.82) is 0 Å². The lowest BCUT2D eigenvalue weighted by atomic mass is 10.3. The molecule has 0 saturated heterocycles. The molecule has 0 aliphatic heterocycles. The lowest BCUT2D eigenvalue weighted by Crippen LogP contribution is -2.42. The van der Waals surface area contributed by atoms with Gasteiger partial charge in [-0.2, -0.15) is 0 Å². The average molecular weight is 382 g/mol. The van der Waals surface area contributed by atoms with E-state index in [0.717, 1.165) is 4.57 Å². The van der Waals surface area contributed by atoms with Crippen LogP contribution in [0.4, 0.5) is 5.69 Å². The number of hydrogen-bond acceptors (Lipinski definition) is 6. The molecule has 0 unspecified atom stereocenters. The van der Waals surface area contributed by atoms with Gasteiger partial charge in [-0.05, 0) is 18.2 Å². The number of benzene rings is 1. The number of fused-ring (bicyclic) bond motifs is 2. The Labute approximate surface area is 158 Å². The minimum atomic E-state index is -0.606. The summed E-state index contributed by atoms with van der Waals surface area (Å²) < 4.78 is 9.20. The molecule has 0 atom stereocenters. The number of imidazole rings is 1. The van der Waals surface area contributed by atoms with E-state index in [1.165, 1.54) is 22.5 Å². The Balaban J connectivity index is 1.65. The molecule has 4 aromatic rings. The fourth-order valence-corrected chi connectivity index (χ4v) is 3.08. The molecule has 0 radical (unpaired) electrons. The van der Waals surface area contributed by atoms with Gasteiger partial charge < -0.3 is 14.3 Å². The second kappa shape index (κ2) is 6.48. The first-order chi connectivity index (χ1) is 13.4. The van der Waals surface area contributed by atoms with Gasteiger partial charge in [0.15, 0.2) is 22.6 Å². The van der Waals surface area contributed by atoms with Crippen LogP contribution in [0.15, 0.2) is 38.5 Å². The number of amides is 1. The number of carbonyl (C=O) groups excluding carboxylic acids is 1. The summed E-state index contributed by atoms with van der Waals surface area (Å²) in [5, 5.41) is 2.69. The molecule has 0 aliphatic carbocycles. The highest BCUT2D eigenvalue weighted by molar-refractivity contribution is 5.92. The Kier molecular flexibility index (Phi) is 4.10. The zero-order valence-electron chi connectivity index (χ0n) is 15.6. The van der Waals surface area contributed by atoms with Gasteiger partial charge in [0, 0.05) is 26.2 Å². The van der Waals surface area contributed by atoms with Gasteiger partial charge in [-0.15, -0.1) is 0 Å². The van der Waals surface area contributed by atoms with Crippen LogP contribution in [0, 0.1) is 0 Å². The quantitative estimate of drug-likeness (QED) is 0.557. The summed E-state index contributed by atoms with van der Waals surface area (Å²) in [6, 6.07) is 5.07. The summed E-state index contributed by atoms with van der Waals surface area (Å²) in [6.07, 6.45) is 2.12. The van der Waals surface area contributed by atoms with Crippen LogP contribution in [0.3, 0.4) is 0 Å². The van der Waals surface area contributed by atoms with E-state index in [4.69, 9.17) is 4.42 Å². The molecule has 4 rings (SSSR count). The van der Waals surface area contributed by atoms with E-state index >= 15 is 0 Å². The lowest BCUT2D eigenvalue weighted by molar-refractivity contribution is -0.116. The number of aromatic nitrogens is 5. The minimum Gasteiger partial charge on any atom is -0.441 e. The largest absolute Gasteiger partial charge is 0.441 e. The highest BCUT2D eigenvalue weighted by Crippen LogP contribution is 2.20. The fourth-order valence-electron chi connectivity index (χ4n) is 3.08. The van der Waals surface area contributed by atoms with Gasteiger partial charge in [0.25, 0.3) is 5.56 Å². The van der Waals surface area contributed by atoms with Gasteiger partial charge in [0.2, 0.25) is 5.91 Å². The molecule has 1 aromatic carbocycles. The second-order valence-corrected chi connectivity index (χ2v) is 6.45. The topological polar surface area (TPSA) is 117 Å². The van der Waals surface area contributed by atoms with Crippen LogP contribution in [0.2, 0.25) is 0 Å². The van der Waals surface area contributed by atoms with E-state index in [1.54, 1.807) is 25.2 Å². The third kappa shape index (κ3) is 2.79. The number of rotatable bonds is 4. The number of aryl methyl sites for hydroxylation is 3. The SMILES string of the molecule is CCc1nc2cc(NC(=O)Cn3c(=O)c4c(ncn4C)n(C)c3=O)ccc2o1. The van der Waals surface area contributed by atoms with Crippen LogP contribution in [-0.4, -0.2) is 29.6 Å². The van der Waals surface area contributed by atoms with E-state index in [9.17, 15) is 14.4 Å². The van der Waals surface area contributed by atoms with E-state index in [1.807, 2.05) is 6.92 Å². The van der Waals surface area contributed by atoms with E-state index in [2.05, 4.69) is 15.3 Å². The summed E-state index contributed by atoms with van der Waals surface area (Å²) in [5.74, 6) is 0.109. The molecule has 28 heavy (non-hydrogen) atoms. The fraction of sp³-hybridized carbons (Fsp3) is 0.278. The van der Waals surface area contributed by atoms with Crippen LogP contribution in [0.5, 0.6) is 0 Å². The maximum atomic E-state index is 12.7. The summed E-state index contributed by atoms with van der Waals surface area (Å²) >= 11 is 0. The van der Waals surface area contributed by atoms with Crippen molar-refractivity contribution in [2.45, 2.75) is 19.9 Å². The zero-order valence-corrected chi connectivity index (χ0v) is 15.6. The Hall–Kier alpha value is -3.69. The van der Waals surface area contributed by atoms with E-state index < -0.39 is 23.7 Å². The molecule has 0 aliphatic rings. The number of nitrogens with zero attached hydrogens (tertiary/aromatic N) is 5. The Bertz CT molecular complexity index is 1340. The molecule has 3 aromatic heterocycles. The summed E-state index contributed by atoms with van der Waals surface area (Å²) in [6.45, 7) is 1.52. The van der Waals surface area contributed by atoms with Crippen molar-refractivity contribution in [2.75, 3.05) is 5.32 Å². The maximum Gasteiger partial charge on any atom is 0.332 e. The monoisotopic (exact) mass is 382 g/mol. The molecular formula is C18H18N6O4. The molecule has 10 nitrogen and oxygen atoms in total. The van der Waals surface area contributed by atoms with Crippen LogP contribution in [0.1, 0.15) is 12.8 Å². The number of oxazole rings is 1. The Morgan fingerprint density at radius 1 is 1.25 bits per heavy atom. The van der Waals surface area contributed by atoms with Crippen molar-refractivity contribution in [2.24, 2.45) is 14.1 Å². The molecular weight excluding hydrogens is 364 g/mol. The lowest BCUT2D eigenvalue weighted by Gasteiger charge is -2.09. The van der Waals surface area contributed by atoms with Crippen LogP contribution in [-0.2, 0) is 31.9 Å². The summed E-state index contributed by atoms with van der Waals surface area (Å²) in [4.78, 5) is 46.0. The highest BCUT2D eigenvalue weighted by atomic mass is 16.3. The molecule has 0 fully saturated rings. The second-order valence-electron chi connectivity index (χ2n) is 6.45. The first-order valence-corrected chi connectivity index (χ1v) is 8.69. The average Bonchev–Trinajstić information content (AvgIpc) is 3.26. The van der Waals surface area contributed by atoms with Gasteiger partial charge in [-0.1, -0.05) is 6.92 Å². The van der Waals surface area contributed by atoms with E-state index in [0.29, 0.717) is 29.1 Å². The summed E-state index contributed by atoms with van der Waals surface area (Å²) in [7, 11) is 3.17. The third-order valence-electron chi connectivity index (χ3n) is 4.52. The number of anilines is 1. The van der Waals surface area contributed by atoms with Gasteiger partial charge in [-0.3, -0.25) is 14.2 Å². The molecule has 1 amide bonds. The van der Waals surface area contributed by atoms with Crippen molar-refractivity contribution in [3.05, 3.63) is 51.3 Å². The first kappa shape index (κ1) is 17.7. The number of carbonyl (C=O) groups is 1. The minimum absolute atomic E-state index is 0.256. The third-order valence-corrected chi connectivity index (χ3v) is 4.52. The Morgan fingerprint density at radius 2 is 2.04 bits per heavy atom. The van der Waals surface area contributed by atoms with Gasteiger partial charge in [0.1, 0.15) is 12.1 Å². The Morgan fingerprint density at radius 3 is 2.79 bits per heavy atom. The van der Waals surface area contributed by atoms with Gasteiger partial charge in [-0.25, -0.2) is 19.3 Å². The maximum absolute atomic E-state index is 12.7. The van der Waals surface area contributed by atoms with Crippen molar-refractivity contribution in [1.82, 2.24) is 23.7 Å². The number of nitrogens with one attached hydrogen (secondary N) is 1. The standard InChI is InChI=1S/C18H18N6O4/c1-4-14-21-11-7-10(5-6-12(11)28-14)20-13(25)8-24-17(26)15-16(19-9-22(15)2)23(3)18(24)27/h5-7,9H,4,8H2,1-3H3,(H,20,25). The van der Waals surface area contributed by atoms with Crippen LogP contribution >= 0.6 is 0 Å². The van der Waals surface area contributed by atoms with Crippen LogP contribution < -0.4 is 16.6 Å². The molecule has 0 saturated carbocycles. The van der Waals surface area contributed by atoms with Crippen molar-refractivity contribution in [3.8, 4) is 0 Å². The molecule has 1 N–H and O–H groups in total. The first-order valence-electron chi connectivity index (χ1n) is 8.69. The molecule has 144 valence electrons. The normalized spacial score (nSPS) is 11.4. The van der Waals surface area contributed by atoms with Gasteiger partial charge in [0.05, 0.1) is 6.33 Å². The molecule has 0 spiro atoms. The van der Waals surface area contributed by atoms with Crippen molar-refractivity contribution in [3.63, 3.8) is 0 Å².